The number of rotatable bonds is 6. The number of benzene rings is 2. The predicted molar refractivity (Wildman–Crippen MR) is 141 cm³/mol. The van der Waals surface area contributed by atoms with Crippen molar-refractivity contribution in [2.75, 3.05) is 13.1 Å². The first-order valence-electron chi connectivity index (χ1n) is 12.5. The van der Waals surface area contributed by atoms with Crippen LogP contribution < -0.4 is 5.32 Å². The van der Waals surface area contributed by atoms with Gasteiger partial charge in [0, 0.05) is 30.9 Å². The molecule has 0 unspecified atom stereocenters. The third kappa shape index (κ3) is 5.73. The van der Waals surface area contributed by atoms with E-state index in [0.29, 0.717) is 31.5 Å². The van der Waals surface area contributed by atoms with Crippen LogP contribution in [0.3, 0.4) is 0 Å². The van der Waals surface area contributed by atoms with E-state index in [-0.39, 0.29) is 29.6 Å². The Hall–Kier alpha value is -3.99. The van der Waals surface area contributed by atoms with Crippen LogP contribution in [0.25, 0.3) is 5.69 Å². The van der Waals surface area contributed by atoms with Gasteiger partial charge in [-0.25, -0.2) is 9.67 Å². The number of hydrogen-bond donors (Lipinski definition) is 1. The molecular weight excluding hydrogens is 527 g/mol. The highest BCUT2D eigenvalue weighted by Gasteiger charge is 2.33. The molecule has 0 saturated carbocycles. The van der Waals surface area contributed by atoms with Crippen molar-refractivity contribution < 1.29 is 22.8 Å². The molecule has 0 atom stereocenters. The van der Waals surface area contributed by atoms with Crippen molar-refractivity contribution in [3.05, 3.63) is 99.3 Å². The summed E-state index contributed by atoms with van der Waals surface area (Å²) in [5.41, 5.74) is 1.64. The van der Waals surface area contributed by atoms with Crippen LogP contribution in [0.1, 0.15) is 61.4 Å². The number of carbonyl (C=O) groups is 2. The molecule has 2 amide bonds. The van der Waals surface area contributed by atoms with Crippen LogP contribution in [0.5, 0.6) is 0 Å². The molecule has 11 heteroatoms. The van der Waals surface area contributed by atoms with E-state index in [0.717, 1.165) is 22.5 Å². The first-order chi connectivity index (χ1) is 18.7. The predicted octanol–water partition coefficient (Wildman–Crippen LogP) is 5.61. The molecule has 1 saturated heterocycles. The average Bonchev–Trinajstić information content (AvgIpc) is 3.59. The maximum absolute atomic E-state index is 13.2. The first-order valence-corrected chi connectivity index (χ1v) is 13.4. The Morgan fingerprint density at radius 2 is 1.74 bits per heavy atom. The highest BCUT2D eigenvalue weighted by Crippen LogP contribution is 2.33. The third-order valence-corrected chi connectivity index (χ3v) is 7.90. The standard InChI is InChI=1S/C28H26F3N5O2S/c1-18-22(16-33-36(18)21-8-3-2-4-9-21)27(38)35-13-11-19(12-14-35)26-34-24(17-39-26)25(37)32-15-20-7-5-6-10-23(20)28(29,30)31/h2-10,16-17,19H,11-15H2,1H3,(H,32,37). The fraction of sp³-hybridized carbons (Fsp3) is 0.286. The van der Waals surface area contributed by atoms with Crippen LogP contribution in [-0.2, 0) is 12.7 Å². The van der Waals surface area contributed by atoms with Gasteiger partial charge in [-0.05, 0) is 43.5 Å². The highest BCUT2D eigenvalue weighted by atomic mass is 32.1. The number of para-hydroxylation sites is 1. The number of aromatic nitrogens is 3. The Bertz CT molecular complexity index is 1470. The number of carbonyl (C=O) groups excluding carboxylic acids is 2. The number of likely N-dealkylation sites (tertiary alicyclic amines) is 1. The molecule has 2 aromatic heterocycles. The van der Waals surface area contributed by atoms with Gasteiger partial charge in [0.1, 0.15) is 5.69 Å². The van der Waals surface area contributed by atoms with Gasteiger partial charge in [0.15, 0.2) is 0 Å². The topological polar surface area (TPSA) is 80.1 Å². The molecule has 0 radical (unpaired) electrons. The van der Waals surface area contributed by atoms with Crippen molar-refractivity contribution >= 4 is 23.2 Å². The molecule has 5 rings (SSSR count). The zero-order valence-electron chi connectivity index (χ0n) is 21.1. The number of nitrogens with one attached hydrogen (secondary N) is 1. The number of amides is 2. The molecule has 1 N–H and O–H groups in total. The van der Waals surface area contributed by atoms with E-state index < -0.39 is 17.6 Å². The zero-order chi connectivity index (χ0) is 27.6. The Labute approximate surface area is 227 Å². The maximum Gasteiger partial charge on any atom is 0.416 e. The van der Waals surface area contributed by atoms with E-state index in [9.17, 15) is 22.8 Å². The van der Waals surface area contributed by atoms with Gasteiger partial charge in [0.05, 0.1) is 33.7 Å². The number of nitrogens with zero attached hydrogens (tertiary/aromatic N) is 4. The maximum atomic E-state index is 13.2. The van der Waals surface area contributed by atoms with Gasteiger partial charge in [-0.3, -0.25) is 9.59 Å². The van der Waals surface area contributed by atoms with Crippen LogP contribution >= 0.6 is 11.3 Å². The number of hydrogen-bond acceptors (Lipinski definition) is 5. The average molecular weight is 554 g/mol. The largest absolute Gasteiger partial charge is 0.416 e. The van der Waals surface area contributed by atoms with E-state index in [1.54, 1.807) is 16.3 Å². The second-order valence-corrected chi connectivity index (χ2v) is 10.3. The summed E-state index contributed by atoms with van der Waals surface area (Å²) in [4.78, 5) is 32.1. The van der Waals surface area contributed by atoms with Crippen LogP contribution in [0.2, 0.25) is 0 Å². The van der Waals surface area contributed by atoms with Gasteiger partial charge >= 0.3 is 6.18 Å². The lowest BCUT2D eigenvalue weighted by Crippen LogP contribution is -2.38. The summed E-state index contributed by atoms with van der Waals surface area (Å²) in [6.07, 6.45) is -1.49. The molecule has 0 spiro atoms. The molecule has 202 valence electrons. The molecule has 39 heavy (non-hydrogen) atoms. The van der Waals surface area contributed by atoms with Crippen molar-refractivity contribution in [2.45, 2.75) is 38.4 Å². The molecule has 2 aromatic carbocycles. The normalized spacial score (nSPS) is 14.4. The van der Waals surface area contributed by atoms with Gasteiger partial charge in [0.2, 0.25) is 0 Å². The lowest BCUT2D eigenvalue weighted by molar-refractivity contribution is -0.138. The molecule has 1 fully saturated rings. The molecule has 1 aliphatic rings. The van der Waals surface area contributed by atoms with Crippen molar-refractivity contribution in [3.63, 3.8) is 0 Å². The Morgan fingerprint density at radius 1 is 1.05 bits per heavy atom. The lowest BCUT2D eigenvalue weighted by atomic mass is 9.97. The Morgan fingerprint density at radius 3 is 2.46 bits per heavy atom. The molecular formula is C28H26F3N5O2S. The van der Waals surface area contributed by atoms with Gasteiger partial charge in [-0.1, -0.05) is 36.4 Å². The fourth-order valence-corrected chi connectivity index (χ4v) is 5.72. The molecule has 1 aliphatic heterocycles. The van der Waals surface area contributed by atoms with E-state index in [1.165, 1.54) is 29.5 Å². The summed E-state index contributed by atoms with van der Waals surface area (Å²) in [6.45, 7) is 2.73. The summed E-state index contributed by atoms with van der Waals surface area (Å²) >= 11 is 1.35. The van der Waals surface area contributed by atoms with Crippen molar-refractivity contribution in [1.29, 1.82) is 0 Å². The Kier molecular flexibility index (Phi) is 7.51. The summed E-state index contributed by atoms with van der Waals surface area (Å²) in [7, 11) is 0. The smallest absolute Gasteiger partial charge is 0.347 e. The van der Waals surface area contributed by atoms with Crippen LogP contribution in [0.4, 0.5) is 13.2 Å². The zero-order valence-corrected chi connectivity index (χ0v) is 21.9. The summed E-state index contributed by atoms with van der Waals surface area (Å²) in [5.74, 6) is -0.487. The number of halogens is 3. The minimum Gasteiger partial charge on any atom is -0.347 e. The SMILES string of the molecule is Cc1c(C(=O)N2CCC(c3nc(C(=O)NCc4ccccc4C(F)(F)F)cs3)CC2)cnn1-c1ccccc1. The van der Waals surface area contributed by atoms with Gasteiger partial charge < -0.3 is 10.2 Å². The van der Waals surface area contributed by atoms with Crippen LogP contribution in [0.15, 0.2) is 66.2 Å². The monoisotopic (exact) mass is 553 g/mol. The second kappa shape index (κ2) is 11.0. The van der Waals surface area contributed by atoms with Crippen LogP contribution in [0, 0.1) is 6.92 Å². The number of piperidine rings is 1. The first kappa shape index (κ1) is 26.6. The minimum absolute atomic E-state index is 0.00427. The minimum atomic E-state index is -4.49. The van der Waals surface area contributed by atoms with E-state index in [1.807, 2.05) is 42.2 Å². The van der Waals surface area contributed by atoms with Crippen molar-refractivity contribution in [1.82, 2.24) is 25.0 Å². The van der Waals surface area contributed by atoms with E-state index >= 15 is 0 Å². The fourth-order valence-electron chi connectivity index (χ4n) is 4.75. The van der Waals surface area contributed by atoms with E-state index in [2.05, 4.69) is 15.4 Å². The lowest BCUT2D eigenvalue weighted by Gasteiger charge is -2.31. The van der Waals surface area contributed by atoms with Gasteiger partial charge in [-0.15, -0.1) is 11.3 Å². The molecule has 3 heterocycles. The van der Waals surface area contributed by atoms with Crippen LogP contribution in [-0.4, -0.2) is 44.6 Å². The Balaban J connectivity index is 1.17. The second-order valence-electron chi connectivity index (χ2n) is 9.37. The summed E-state index contributed by atoms with van der Waals surface area (Å²) in [5, 5.41) is 9.36. The third-order valence-electron chi connectivity index (χ3n) is 6.89. The molecule has 7 nitrogen and oxygen atoms in total. The molecule has 0 bridgehead atoms. The van der Waals surface area contributed by atoms with Crippen molar-refractivity contribution in [3.8, 4) is 5.69 Å². The number of alkyl halides is 3. The van der Waals surface area contributed by atoms with Crippen molar-refractivity contribution in [2.24, 2.45) is 0 Å². The summed E-state index contributed by atoms with van der Waals surface area (Å²) < 4.78 is 41.4. The number of thiazole rings is 1. The van der Waals surface area contributed by atoms with E-state index in [4.69, 9.17) is 0 Å². The molecule has 4 aromatic rings. The highest BCUT2D eigenvalue weighted by molar-refractivity contribution is 7.09. The van der Waals surface area contributed by atoms with Gasteiger partial charge in [-0.2, -0.15) is 18.3 Å². The van der Waals surface area contributed by atoms with Gasteiger partial charge in [0.25, 0.3) is 11.8 Å². The summed E-state index contributed by atoms with van der Waals surface area (Å²) in [6, 6.07) is 14.8. The quantitative estimate of drug-likeness (QED) is 0.337. The molecule has 0 aliphatic carbocycles.